The van der Waals surface area contributed by atoms with E-state index in [0.717, 1.165) is 12.0 Å². The van der Waals surface area contributed by atoms with Gasteiger partial charge < -0.3 is 19.5 Å². The first-order valence-corrected chi connectivity index (χ1v) is 7.39. The summed E-state index contributed by atoms with van der Waals surface area (Å²) in [5.74, 6) is 0.495. The highest BCUT2D eigenvalue weighted by Gasteiger charge is 2.18. The van der Waals surface area contributed by atoms with Crippen LogP contribution in [-0.2, 0) is 6.42 Å². The van der Waals surface area contributed by atoms with Gasteiger partial charge in [0.25, 0.3) is 5.91 Å². The van der Waals surface area contributed by atoms with E-state index in [9.17, 15) is 4.79 Å². The van der Waals surface area contributed by atoms with Crippen LogP contribution >= 0.6 is 0 Å². The van der Waals surface area contributed by atoms with E-state index in [1.807, 2.05) is 24.3 Å². The van der Waals surface area contributed by atoms with Crippen LogP contribution in [0.2, 0.25) is 0 Å². The number of amides is 1. The Morgan fingerprint density at radius 3 is 2.23 bits per heavy atom. The molecule has 118 valence electrons. The summed E-state index contributed by atoms with van der Waals surface area (Å²) < 4.78 is 5.62. The third kappa shape index (κ3) is 3.75. The third-order valence-electron chi connectivity index (χ3n) is 3.49. The normalized spacial score (nSPS) is 10.7. The van der Waals surface area contributed by atoms with E-state index >= 15 is 0 Å². The van der Waals surface area contributed by atoms with E-state index < -0.39 is 0 Å². The van der Waals surface area contributed by atoms with Crippen molar-refractivity contribution in [2.24, 2.45) is 0 Å². The van der Waals surface area contributed by atoms with Gasteiger partial charge in [0.15, 0.2) is 5.76 Å². The summed E-state index contributed by atoms with van der Waals surface area (Å²) in [4.78, 5) is 13.6. The van der Waals surface area contributed by atoms with Crippen molar-refractivity contribution in [2.75, 3.05) is 26.3 Å². The minimum absolute atomic E-state index is 0.155. The van der Waals surface area contributed by atoms with Crippen molar-refractivity contribution in [3.8, 4) is 11.3 Å². The Labute approximate surface area is 129 Å². The second-order valence-electron chi connectivity index (χ2n) is 4.95. The second-order valence-corrected chi connectivity index (χ2v) is 4.95. The SMILES string of the molecule is CCc1ccc(-c2ccc(C(=O)N(CCO)CCO)o2)cc1. The lowest BCUT2D eigenvalue weighted by atomic mass is 10.1. The van der Waals surface area contributed by atoms with Crippen molar-refractivity contribution < 1.29 is 19.4 Å². The van der Waals surface area contributed by atoms with Gasteiger partial charge in [-0.25, -0.2) is 0 Å². The quantitative estimate of drug-likeness (QED) is 0.820. The highest BCUT2D eigenvalue weighted by molar-refractivity contribution is 5.92. The molecular formula is C17H21NO4. The average molecular weight is 303 g/mol. The summed E-state index contributed by atoms with van der Waals surface area (Å²) in [6, 6.07) is 11.4. The Bertz CT molecular complexity index is 597. The molecule has 0 radical (unpaired) electrons. The van der Waals surface area contributed by atoms with Crippen LogP contribution in [0.4, 0.5) is 0 Å². The number of benzene rings is 1. The van der Waals surface area contributed by atoms with Crippen molar-refractivity contribution in [3.05, 3.63) is 47.7 Å². The molecule has 5 nitrogen and oxygen atoms in total. The topological polar surface area (TPSA) is 73.9 Å². The van der Waals surface area contributed by atoms with Crippen molar-refractivity contribution in [1.29, 1.82) is 0 Å². The molecule has 1 amide bonds. The zero-order valence-electron chi connectivity index (χ0n) is 12.7. The molecule has 2 aromatic rings. The molecule has 0 aliphatic rings. The van der Waals surface area contributed by atoms with Crippen molar-refractivity contribution in [2.45, 2.75) is 13.3 Å². The highest BCUT2D eigenvalue weighted by atomic mass is 16.4. The van der Waals surface area contributed by atoms with Crippen LogP contribution in [0.5, 0.6) is 0 Å². The Balaban J connectivity index is 2.17. The number of hydrogen-bond acceptors (Lipinski definition) is 4. The molecule has 22 heavy (non-hydrogen) atoms. The zero-order valence-corrected chi connectivity index (χ0v) is 12.7. The summed E-state index contributed by atoms with van der Waals surface area (Å²) in [7, 11) is 0. The van der Waals surface area contributed by atoms with Gasteiger partial charge in [-0.15, -0.1) is 0 Å². The second kappa shape index (κ2) is 7.77. The number of rotatable bonds is 7. The first-order chi connectivity index (χ1) is 10.7. The summed E-state index contributed by atoms with van der Waals surface area (Å²) in [6.07, 6.45) is 0.972. The average Bonchev–Trinajstić information content (AvgIpc) is 3.04. The Hall–Kier alpha value is -2.11. The molecule has 1 aromatic heterocycles. The summed E-state index contributed by atoms with van der Waals surface area (Å²) in [5.41, 5.74) is 2.15. The Morgan fingerprint density at radius 2 is 1.68 bits per heavy atom. The largest absolute Gasteiger partial charge is 0.451 e. The molecule has 2 N–H and O–H groups in total. The van der Waals surface area contributed by atoms with Gasteiger partial charge >= 0.3 is 0 Å². The molecule has 0 unspecified atom stereocenters. The van der Waals surface area contributed by atoms with Crippen LogP contribution in [-0.4, -0.2) is 47.3 Å². The highest BCUT2D eigenvalue weighted by Crippen LogP contribution is 2.23. The number of carbonyl (C=O) groups excluding carboxylic acids is 1. The van der Waals surface area contributed by atoms with Crippen molar-refractivity contribution >= 4 is 5.91 Å². The lowest BCUT2D eigenvalue weighted by molar-refractivity contribution is 0.0654. The van der Waals surface area contributed by atoms with E-state index in [2.05, 4.69) is 6.92 Å². The first kappa shape index (κ1) is 16.3. The van der Waals surface area contributed by atoms with Gasteiger partial charge in [0.1, 0.15) is 5.76 Å². The van der Waals surface area contributed by atoms with Crippen molar-refractivity contribution in [3.63, 3.8) is 0 Å². The van der Waals surface area contributed by atoms with Gasteiger partial charge in [0.05, 0.1) is 13.2 Å². The first-order valence-electron chi connectivity index (χ1n) is 7.39. The van der Waals surface area contributed by atoms with Crippen LogP contribution in [0.25, 0.3) is 11.3 Å². The predicted octanol–water partition coefficient (Wildman–Crippen LogP) is 1.94. The smallest absolute Gasteiger partial charge is 0.289 e. The van der Waals surface area contributed by atoms with Gasteiger partial charge in [0.2, 0.25) is 0 Å². The molecule has 0 atom stereocenters. The van der Waals surface area contributed by atoms with Gasteiger partial charge in [-0.05, 0) is 24.1 Å². The molecule has 0 aliphatic carbocycles. The Morgan fingerprint density at radius 1 is 1.05 bits per heavy atom. The maximum Gasteiger partial charge on any atom is 0.289 e. The van der Waals surface area contributed by atoms with Gasteiger partial charge in [0, 0.05) is 18.7 Å². The van der Waals surface area contributed by atoms with Crippen LogP contribution in [0, 0.1) is 0 Å². The molecule has 0 aliphatic heterocycles. The molecule has 0 bridgehead atoms. The minimum atomic E-state index is -0.334. The summed E-state index contributed by atoms with van der Waals surface area (Å²) in [5, 5.41) is 18.0. The van der Waals surface area contributed by atoms with Gasteiger partial charge in [-0.3, -0.25) is 4.79 Å². The fourth-order valence-corrected chi connectivity index (χ4v) is 2.22. The number of hydrogen-bond donors (Lipinski definition) is 2. The van der Waals surface area contributed by atoms with E-state index in [0.29, 0.717) is 5.76 Å². The molecule has 0 saturated heterocycles. The lowest BCUT2D eigenvalue weighted by Crippen LogP contribution is -2.35. The van der Waals surface area contributed by atoms with E-state index in [4.69, 9.17) is 14.6 Å². The number of aliphatic hydroxyl groups excluding tert-OH is 2. The summed E-state index contributed by atoms with van der Waals surface area (Å²) in [6.45, 7) is 2.12. The molecule has 2 rings (SSSR count). The number of carbonyl (C=O) groups is 1. The number of furan rings is 1. The summed E-state index contributed by atoms with van der Waals surface area (Å²) >= 11 is 0. The number of nitrogens with zero attached hydrogens (tertiary/aromatic N) is 1. The maximum absolute atomic E-state index is 12.3. The standard InChI is InChI=1S/C17H21NO4/c1-2-13-3-5-14(6-4-13)15-7-8-16(22-15)17(21)18(9-11-19)10-12-20/h3-8,19-20H,2,9-12H2,1H3. The molecule has 5 heteroatoms. The van der Waals surface area contributed by atoms with Gasteiger partial charge in [-0.1, -0.05) is 31.2 Å². The zero-order chi connectivity index (χ0) is 15.9. The maximum atomic E-state index is 12.3. The van der Waals surface area contributed by atoms with E-state index in [1.54, 1.807) is 12.1 Å². The van der Waals surface area contributed by atoms with Crippen LogP contribution in [0.1, 0.15) is 23.0 Å². The fourth-order valence-electron chi connectivity index (χ4n) is 2.22. The molecule has 0 saturated carbocycles. The molecule has 1 aromatic carbocycles. The Kier molecular flexibility index (Phi) is 5.75. The monoisotopic (exact) mass is 303 g/mol. The van der Waals surface area contributed by atoms with Crippen LogP contribution in [0.15, 0.2) is 40.8 Å². The van der Waals surface area contributed by atoms with E-state index in [-0.39, 0.29) is 38.0 Å². The fraction of sp³-hybridized carbons (Fsp3) is 0.353. The van der Waals surface area contributed by atoms with E-state index in [1.165, 1.54) is 10.5 Å². The lowest BCUT2D eigenvalue weighted by Gasteiger charge is -2.19. The van der Waals surface area contributed by atoms with Gasteiger partial charge in [-0.2, -0.15) is 0 Å². The minimum Gasteiger partial charge on any atom is -0.451 e. The number of aryl methyl sites for hydroxylation is 1. The molecule has 1 heterocycles. The number of aliphatic hydroxyl groups is 2. The third-order valence-corrected chi connectivity index (χ3v) is 3.49. The van der Waals surface area contributed by atoms with Crippen LogP contribution in [0.3, 0.4) is 0 Å². The van der Waals surface area contributed by atoms with Crippen LogP contribution < -0.4 is 0 Å². The molecule has 0 fully saturated rings. The molecular weight excluding hydrogens is 282 g/mol. The molecule has 0 spiro atoms. The predicted molar refractivity (Wildman–Crippen MR) is 83.6 cm³/mol. The van der Waals surface area contributed by atoms with Crippen molar-refractivity contribution in [1.82, 2.24) is 4.90 Å².